The summed E-state index contributed by atoms with van der Waals surface area (Å²) in [6, 6.07) is 0. The lowest BCUT2D eigenvalue weighted by Crippen LogP contribution is -2.03. The third kappa shape index (κ3) is 70.8. The number of carboxylic acid groups (broad SMARTS) is 2. The predicted molar refractivity (Wildman–Crippen MR) is 77.8 cm³/mol. The van der Waals surface area contributed by atoms with Crippen molar-refractivity contribution in [3.63, 3.8) is 0 Å². The van der Waals surface area contributed by atoms with Gasteiger partial charge >= 0.3 is 11.9 Å². The lowest BCUT2D eigenvalue weighted by atomic mass is 10.4. The molecule has 0 spiro atoms. The summed E-state index contributed by atoms with van der Waals surface area (Å²) >= 11 is 0. The van der Waals surface area contributed by atoms with Gasteiger partial charge in [-0.2, -0.15) is 0 Å². The molecule has 126 valence electrons. The molecular weight excluding hydrogens is 284 g/mol. The van der Waals surface area contributed by atoms with Crippen molar-refractivity contribution in [3.05, 3.63) is 24.8 Å². The van der Waals surface area contributed by atoms with Crippen molar-refractivity contribution in [2.45, 2.75) is 33.0 Å². The van der Waals surface area contributed by atoms with E-state index in [0.29, 0.717) is 0 Å². The molecule has 0 aliphatic rings. The van der Waals surface area contributed by atoms with E-state index < -0.39 is 24.1 Å². The van der Waals surface area contributed by atoms with Crippen LogP contribution in [0.5, 0.6) is 0 Å². The number of aliphatic carboxylic acids is 2. The van der Waals surface area contributed by atoms with Crippen LogP contribution in [0.25, 0.3) is 0 Å². The predicted octanol–water partition coefficient (Wildman–Crippen LogP) is -0.377. The molecule has 0 aromatic rings. The smallest absolute Gasteiger partial charge is 0.330 e. The Hall–Kier alpha value is -1.74. The van der Waals surface area contributed by atoms with Gasteiger partial charge in [-0.1, -0.05) is 13.2 Å². The molecule has 2 unspecified atom stereocenters. The van der Waals surface area contributed by atoms with E-state index in [4.69, 9.17) is 30.6 Å². The highest BCUT2D eigenvalue weighted by Crippen LogP contribution is 1.81. The van der Waals surface area contributed by atoms with Crippen molar-refractivity contribution in [3.8, 4) is 0 Å². The summed E-state index contributed by atoms with van der Waals surface area (Å²) in [6.07, 6.45) is -0.287. The molecule has 8 nitrogen and oxygen atoms in total. The van der Waals surface area contributed by atoms with E-state index in [1.165, 1.54) is 20.8 Å². The normalized spacial score (nSPS) is 10.8. The van der Waals surface area contributed by atoms with Gasteiger partial charge < -0.3 is 30.6 Å². The molecule has 6 N–H and O–H groups in total. The van der Waals surface area contributed by atoms with Gasteiger partial charge in [-0.3, -0.25) is 0 Å². The number of hydrogen-bond donors (Lipinski definition) is 6. The summed E-state index contributed by atoms with van der Waals surface area (Å²) in [7, 11) is 0. The minimum absolute atomic E-state index is 0.139. The van der Waals surface area contributed by atoms with E-state index in [2.05, 4.69) is 13.2 Å². The average Bonchev–Trinajstić information content (AvgIpc) is 2.40. The van der Waals surface area contributed by atoms with E-state index in [1.54, 1.807) is 0 Å². The molecule has 2 atom stereocenters. The van der Waals surface area contributed by atoms with Crippen molar-refractivity contribution in [1.82, 2.24) is 0 Å². The molecule has 0 rings (SSSR count). The Morgan fingerprint density at radius 3 is 1.19 bits per heavy atom. The summed E-state index contributed by atoms with van der Waals surface area (Å²) < 4.78 is 0. The van der Waals surface area contributed by atoms with Crippen molar-refractivity contribution >= 4 is 11.9 Å². The van der Waals surface area contributed by atoms with Crippen LogP contribution < -0.4 is 0 Å². The summed E-state index contributed by atoms with van der Waals surface area (Å²) in [6.45, 7) is 10.3. The van der Waals surface area contributed by atoms with Crippen molar-refractivity contribution < 1.29 is 40.2 Å². The fourth-order valence-electron chi connectivity index (χ4n) is 0. The minimum Gasteiger partial charge on any atom is -0.478 e. The molecular formula is C13H26O8. The first-order valence-corrected chi connectivity index (χ1v) is 5.78. The zero-order valence-corrected chi connectivity index (χ0v) is 12.6. The van der Waals surface area contributed by atoms with Crippen LogP contribution in [0.1, 0.15) is 20.8 Å². The Morgan fingerprint density at radius 2 is 1.19 bits per heavy atom. The largest absolute Gasteiger partial charge is 0.478 e. The number of aliphatic hydroxyl groups excluding tert-OH is 4. The maximum Gasteiger partial charge on any atom is 0.330 e. The standard InChI is InChI=1S/C4H6O2.2C3H8O2.C3H4O2/c1-3(2)4(5)6;2*1-3(5)2-4;1-2-3(4)5/h1H2,2H3,(H,5,6);2*3-5H,2H2,1H3;2H,1H2,(H,4,5). The van der Waals surface area contributed by atoms with Gasteiger partial charge in [-0.05, 0) is 20.8 Å². The Morgan fingerprint density at radius 1 is 1.05 bits per heavy atom. The molecule has 0 radical (unpaired) electrons. The number of hydrogen-bond acceptors (Lipinski definition) is 6. The third-order valence-electron chi connectivity index (χ3n) is 1.07. The van der Waals surface area contributed by atoms with Gasteiger partial charge in [0.15, 0.2) is 0 Å². The number of carbonyl (C=O) groups is 2. The highest BCUT2D eigenvalue weighted by atomic mass is 16.4. The van der Waals surface area contributed by atoms with Gasteiger partial charge in [-0.15, -0.1) is 0 Å². The van der Waals surface area contributed by atoms with E-state index in [0.717, 1.165) is 6.08 Å². The molecule has 0 aromatic heterocycles. The van der Waals surface area contributed by atoms with Gasteiger partial charge in [0.25, 0.3) is 0 Å². The fraction of sp³-hybridized carbons (Fsp3) is 0.538. The molecule has 0 heterocycles. The van der Waals surface area contributed by atoms with Crippen molar-refractivity contribution in [1.29, 1.82) is 0 Å². The zero-order chi connectivity index (χ0) is 18.0. The van der Waals surface area contributed by atoms with Crippen LogP contribution in [-0.2, 0) is 9.59 Å². The van der Waals surface area contributed by atoms with E-state index in [1.807, 2.05) is 0 Å². The molecule has 0 aromatic carbocycles. The number of carboxylic acids is 2. The first-order valence-electron chi connectivity index (χ1n) is 5.78. The summed E-state index contributed by atoms with van der Waals surface area (Å²) in [5, 5.41) is 47.5. The van der Waals surface area contributed by atoms with Crippen LogP contribution in [-0.4, -0.2) is 68.0 Å². The lowest BCUT2D eigenvalue weighted by Gasteiger charge is -1.90. The third-order valence-corrected chi connectivity index (χ3v) is 1.07. The van der Waals surface area contributed by atoms with Crippen molar-refractivity contribution in [2.24, 2.45) is 0 Å². The summed E-state index contributed by atoms with van der Waals surface area (Å²) in [4.78, 5) is 18.8. The highest BCUT2D eigenvalue weighted by Gasteiger charge is 1.90. The monoisotopic (exact) mass is 310 g/mol. The van der Waals surface area contributed by atoms with Gasteiger partial charge in [0.1, 0.15) is 0 Å². The molecule has 0 saturated carbocycles. The second kappa shape index (κ2) is 20.6. The molecule has 0 fully saturated rings. The Labute approximate surface area is 124 Å². The molecule has 8 heteroatoms. The maximum absolute atomic E-state index is 9.60. The van der Waals surface area contributed by atoms with E-state index in [9.17, 15) is 9.59 Å². The first kappa shape index (κ1) is 27.6. The van der Waals surface area contributed by atoms with Crippen LogP contribution in [0, 0.1) is 0 Å². The Balaban J connectivity index is -0.0000000921. The fourth-order valence-corrected chi connectivity index (χ4v) is 0. The average molecular weight is 310 g/mol. The maximum atomic E-state index is 9.60. The van der Waals surface area contributed by atoms with Crippen LogP contribution in [0.3, 0.4) is 0 Å². The quantitative estimate of drug-likeness (QED) is 0.384. The molecule has 0 saturated heterocycles. The van der Waals surface area contributed by atoms with Gasteiger partial charge in [0.2, 0.25) is 0 Å². The molecule has 0 bridgehead atoms. The number of rotatable bonds is 4. The second-order valence-corrected chi connectivity index (χ2v) is 3.69. The van der Waals surface area contributed by atoms with Crippen LogP contribution >= 0.6 is 0 Å². The topological polar surface area (TPSA) is 156 Å². The zero-order valence-electron chi connectivity index (χ0n) is 12.6. The first-order chi connectivity index (χ1) is 9.45. The summed E-state index contributed by atoms with van der Waals surface area (Å²) in [5.41, 5.74) is 0.176. The Bertz CT molecular complexity index is 264. The van der Waals surface area contributed by atoms with Crippen LogP contribution in [0.4, 0.5) is 0 Å². The van der Waals surface area contributed by atoms with Gasteiger partial charge in [-0.25, -0.2) is 9.59 Å². The second-order valence-electron chi connectivity index (χ2n) is 3.69. The van der Waals surface area contributed by atoms with Crippen LogP contribution in [0.2, 0.25) is 0 Å². The van der Waals surface area contributed by atoms with Gasteiger partial charge in [0, 0.05) is 11.6 Å². The SMILES string of the molecule is C=C(C)C(=O)O.C=CC(=O)O.CC(O)CO.CC(O)CO. The van der Waals surface area contributed by atoms with Gasteiger partial charge in [0.05, 0.1) is 25.4 Å². The van der Waals surface area contributed by atoms with Crippen LogP contribution in [0.15, 0.2) is 24.8 Å². The number of aliphatic hydroxyl groups is 4. The van der Waals surface area contributed by atoms with E-state index >= 15 is 0 Å². The molecule has 0 aliphatic carbocycles. The van der Waals surface area contributed by atoms with E-state index in [-0.39, 0.29) is 18.8 Å². The molecule has 0 amide bonds. The lowest BCUT2D eigenvalue weighted by molar-refractivity contribution is -0.133. The Kier molecular flexibility index (Phi) is 27.0. The highest BCUT2D eigenvalue weighted by molar-refractivity contribution is 5.84. The van der Waals surface area contributed by atoms with Crippen molar-refractivity contribution in [2.75, 3.05) is 13.2 Å². The summed E-state index contributed by atoms with van der Waals surface area (Å²) in [5.74, 6) is -1.92. The molecule has 21 heavy (non-hydrogen) atoms. The minimum atomic E-state index is -0.981. The molecule has 0 aliphatic heterocycles.